The molecule has 0 amide bonds. The first-order valence-corrected chi connectivity index (χ1v) is 10.5. The minimum absolute atomic E-state index is 0.186. The van der Waals surface area contributed by atoms with Crippen LogP contribution in [0.5, 0.6) is 5.75 Å². The second kappa shape index (κ2) is 8.37. The smallest absolute Gasteiger partial charge is 0.243 e. The lowest BCUT2D eigenvalue weighted by Gasteiger charge is -2.34. The Bertz CT molecular complexity index is 894. The molecule has 7 heteroatoms. The van der Waals surface area contributed by atoms with Gasteiger partial charge in [-0.3, -0.25) is 0 Å². The average Bonchev–Trinajstić information content (AvgIpc) is 2.67. The van der Waals surface area contributed by atoms with Crippen LogP contribution in [0.1, 0.15) is 11.1 Å². The van der Waals surface area contributed by atoms with Gasteiger partial charge in [-0.1, -0.05) is 18.2 Å². The zero-order valence-corrected chi connectivity index (χ0v) is 16.5. The van der Waals surface area contributed by atoms with Gasteiger partial charge in [0.1, 0.15) is 11.6 Å². The van der Waals surface area contributed by atoms with Gasteiger partial charge in [0.25, 0.3) is 0 Å². The summed E-state index contributed by atoms with van der Waals surface area (Å²) in [6, 6.07) is 11.8. The Morgan fingerprint density at radius 3 is 2.41 bits per heavy atom. The molecule has 0 N–H and O–H groups in total. The molecule has 1 aliphatic rings. The van der Waals surface area contributed by atoms with E-state index in [2.05, 4.69) is 4.90 Å². The zero-order valence-electron chi connectivity index (χ0n) is 15.7. The highest BCUT2D eigenvalue weighted by atomic mass is 32.2. The van der Waals surface area contributed by atoms with E-state index in [1.807, 2.05) is 6.07 Å². The molecule has 146 valence electrons. The molecule has 0 aromatic heterocycles. The Balaban J connectivity index is 1.60. The van der Waals surface area contributed by atoms with Gasteiger partial charge < -0.3 is 9.64 Å². The summed E-state index contributed by atoms with van der Waals surface area (Å²) in [5.74, 6) is 0.457. The van der Waals surface area contributed by atoms with Crippen molar-refractivity contribution >= 4 is 10.0 Å². The molecular weight excluding hydrogens is 367 g/mol. The third-order valence-corrected chi connectivity index (χ3v) is 7.05. The van der Waals surface area contributed by atoms with E-state index in [1.165, 1.54) is 10.4 Å². The fourth-order valence-electron chi connectivity index (χ4n) is 3.35. The van der Waals surface area contributed by atoms with Crippen molar-refractivity contribution in [3.8, 4) is 5.75 Å². The molecule has 0 spiro atoms. The number of sulfonamides is 1. The van der Waals surface area contributed by atoms with Gasteiger partial charge in [0.15, 0.2) is 0 Å². The summed E-state index contributed by atoms with van der Waals surface area (Å²) < 4.78 is 46.3. The second-order valence-corrected chi connectivity index (χ2v) is 8.62. The number of methoxy groups -OCH3 is 1. The van der Waals surface area contributed by atoms with Crippen molar-refractivity contribution in [2.24, 2.45) is 0 Å². The number of benzene rings is 2. The standard InChI is InChI=1S/C20H25FN2O3S/c1-16-15-18(26-2)7-8-20(16)27(24,25)23-13-11-22(12-14-23)10-9-17-5-3-4-6-19(17)21/h3-8,15H,9-14H2,1-2H3. The molecule has 0 atom stereocenters. The van der Waals surface area contributed by atoms with Crippen molar-refractivity contribution in [1.82, 2.24) is 9.21 Å². The van der Waals surface area contributed by atoms with Crippen molar-refractivity contribution in [2.75, 3.05) is 39.8 Å². The molecule has 0 saturated carbocycles. The molecule has 0 bridgehead atoms. The fraction of sp³-hybridized carbons (Fsp3) is 0.400. The first-order valence-electron chi connectivity index (χ1n) is 9.02. The Kier molecular flexibility index (Phi) is 6.14. The predicted octanol–water partition coefficient (Wildman–Crippen LogP) is 2.69. The summed E-state index contributed by atoms with van der Waals surface area (Å²) in [4.78, 5) is 2.50. The maximum atomic E-state index is 13.7. The molecule has 0 unspecified atom stereocenters. The van der Waals surface area contributed by atoms with Crippen molar-refractivity contribution in [3.63, 3.8) is 0 Å². The summed E-state index contributed by atoms with van der Waals surface area (Å²) in [6.07, 6.45) is 0.622. The van der Waals surface area contributed by atoms with E-state index in [9.17, 15) is 12.8 Å². The molecule has 1 heterocycles. The predicted molar refractivity (Wildman–Crippen MR) is 103 cm³/mol. The van der Waals surface area contributed by atoms with Crippen LogP contribution < -0.4 is 4.74 Å². The van der Waals surface area contributed by atoms with Crippen LogP contribution in [0.2, 0.25) is 0 Å². The van der Waals surface area contributed by atoms with Crippen LogP contribution in [0, 0.1) is 12.7 Å². The van der Waals surface area contributed by atoms with Gasteiger partial charge in [0, 0.05) is 32.7 Å². The first kappa shape index (κ1) is 19.8. The van der Waals surface area contributed by atoms with Crippen LogP contribution in [0.15, 0.2) is 47.4 Å². The van der Waals surface area contributed by atoms with Crippen molar-refractivity contribution in [3.05, 3.63) is 59.4 Å². The molecule has 1 fully saturated rings. The number of nitrogens with zero attached hydrogens (tertiary/aromatic N) is 2. The van der Waals surface area contributed by atoms with Crippen molar-refractivity contribution < 1.29 is 17.5 Å². The number of aryl methyl sites for hydroxylation is 1. The minimum atomic E-state index is -3.52. The number of rotatable bonds is 6. The monoisotopic (exact) mass is 392 g/mol. The lowest BCUT2D eigenvalue weighted by molar-refractivity contribution is 0.189. The van der Waals surface area contributed by atoms with Gasteiger partial charge in [-0.15, -0.1) is 0 Å². The fourth-order valence-corrected chi connectivity index (χ4v) is 4.98. The van der Waals surface area contributed by atoms with E-state index in [4.69, 9.17) is 4.74 Å². The summed E-state index contributed by atoms with van der Waals surface area (Å²) in [6.45, 7) is 4.65. The summed E-state index contributed by atoms with van der Waals surface area (Å²) in [5, 5.41) is 0. The Labute approximate surface area is 160 Å². The van der Waals surface area contributed by atoms with E-state index in [1.54, 1.807) is 44.4 Å². The third-order valence-electron chi connectivity index (χ3n) is 4.99. The molecule has 27 heavy (non-hydrogen) atoms. The van der Waals surface area contributed by atoms with Gasteiger partial charge in [-0.25, -0.2) is 12.8 Å². The van der Waals surface area contributed by atoms with E-state index < -0.39 is 10.0 Å². The molecule has 3 rings (SSSR count). The van der Waals surface area contributed by atoms with E-state index >= 15 is 0 Å². The summed E-state index contributed by atoms with van der Waals surface area (Å²) in [7, 11) is -1.96. The van der Waals surface area contributed by atoms with Gasteiger partial charge >= 0.3 is 0 Å². The van der Waals surface area contributed by atoms with E-state index in [0.717, 1.165) is 6.54 Å². The van der Waals surface area contributed by atoms with Gasteiger partial charge in [-0.2, -0.15) is 4.31 Å². The molecule has 2 aromatic carbocycles. The number of halogens is 1. The van der Waals surface area contributed by atoms with E-state index in [0.29, 0.717) is 54.4 Å². The molecule has 0 radical (unpaired) electrons. The lowest BCUT2D eigenvalue weighted by Crippen LogP contribution is -2.49. The summed E-state index contributed by atoms with van der Waals surface area (Å²) >= 11 is 0. The second-order valence-electron chi connectivity index (χ2n) is 6.72. The normalized spacial score (nSPS) is 16.4. The largest absolute Gasteiger partial charge is 0.497 e. The maximum Gasteiger partial charge on any atom is 0.243 e. The lowest BCUT2D eigenvalue weighted by atomic mass is 10.1. The van der Waals surface area contributed by atoms with Gasteiger partial charge in [0.2, 0.25) is 10.0 Å². The Morgan fingerprint density at radius 1 is 1.07 bits per heavy atom. The van der Waals surface area contributed by atoms with Crippen molar-refractivity contribution in [1.29, 1.82) is 0 Å². The number of hydrogen-bond donors (Lipinski definition) is 0. The zero-order chi connectivity index (χ0) is 19.4. The summed E-state index contributed by atoms with van der Waals surface area (Å²) in [5.41, 5.74) is 1.37. The molecule has 1 aliphatic heterocycles. The maximum absolute atomic E-state index is 13.7. The van der Waals surface area contributed by atoms with E-state index in [-0.39, 0.29) is 5.82 Å². The minimum Gasteiger partial charge on any atom is -0.497 e. The highest BCUT2D eigenvalue weighted by Gasteiger charge is 2.29. The van der Waals surface area contributed by atoms with Crippen molar-refractivity contribution in [2.45, 2.75) is 18.2 Å². The van der Waals surface area contributed by atoms with Gasteiger partial charge in [0.05, 0.1) is 12.0 Å². The van der Waals surface area contributed by atoms with Crippen LogP contribution in [0.4, 0.5) is 4.39 Å². The molecule has 5 nitrogen and oxygen atoms in total. The number of piperazine rings is 1. The topological polar surface area (TPSA) is 49.9 Å². The molecule has 2 aromatic rings. The van der Waals surface area contributed by atoms with Crippen LogP contribution >= 0.6 is 0 Å². The highest BCUT2D eigenvalue weighted by molar-refractivity contribution is 7.89. The molecular formula is C20H25FN2O3S. The van der Waals surface area contributed by atoms with Crippen LogP contribution in [0.3, 0.4) is 0 Å². The average molecular weight is 392 g/mol. The third kappa shape index (κ3) is 4.48. The highest BCUT2D eigenvalue weighted by Crippen LogP contribution is 2.25. The van der Waals surface area contributed by atoms with Gasteiger partial charge in [-0.05, 0) is 48.7 Å². The quantitative estimate of drug-likeness (QED) is 0.759. The van der Waals surface area contributed by atoms with Crippen LogP contribution in [-0.4, -0.2) is 57.5 Å². The van der Waals surface area contributed by atoms with Crippen LogP contribution in [-0.2, 0) is 16.4 Å². The van der Waals surface area contributed by atoms with Crippen LogP contribution in [0.25, 0.3) is 0 Å². The Morgan fingerprint density at radius 2 is 1.78 bits per heavy atom. The number of ether oxygens (including phenoxy) is 1. The Hall–Kier alpha value is -1.96. The molecule has 0 aliphatic carbocycles. The first-order chi connectivity index (χ1) is 12.9. The number of hydrogen-bond acceptors (Lipinski definition) is 4. The molecule has 1 saturated heterocycles. The SMILES string of the molecule is COc1ccc(S(=O)(=O)N2CCN(CCc3ccccc3F)CC2)c(C)c1.